The van der Waals surface area contributed by atoms with E-state index in [2.05, 4.69) is 4.99 Å². The van der Waals surface area contributed by atoms with Gasteiger partial charge in [0.2, 0.25) is 4.87 Å². The molecule has 0 bridgehead atoms. The Morgan fingerprint density at radius 1 is 1.50 bits per heavy atom. The molecule has 11 heteroatoms. The van der Waals surface area contributed by atoms with Crippen LogP contribution in [0.4, 0.5) is 4.79 Å². The number of hydrogen-bond donors (Lipinski definition) is 3. The van der Waals surface area contributed by atoms with Gasteiger partial charge in [0.05, 0.1) is 6.26 Å². The summed E-state index contributed by atoms with van der Waals surface area (Å²) in [6.07, 6.45) is 1.06. The average molecular weight is 323 g/mol. The van der Waals surface area contributed by atoms with Crippen molar-refractivity contribution in [1.82, 2.24) is 5.32 Å². The topological polar surface area (TPSA) is 138 Å². The Morgan fingerprint density at radius 2 is 2.20 bits per heavy atom. The SMILES string of the molecule is O=C1N=CC(Cl)(c2occc2OCP(=O)(O)O)C(=O)N1. The number of amides is 3. The van der Waals surface area contributed by atoms with Gasteiger partial charge in [0, 0.05) is 12.3 Å². The highest BCUT2D eigenvalue weighted by Gasteiger charge is 2.45. The first kappa shape index (κ1) is 14.7. The van der Waals surface area contributed by atoms with Crippen molar-refractivity contribution in [3.8, 4) is 5.75 Å². The minimum absolute atomic E-state index is 0.140. The molecule has 0 spiro atoms. The summed E-state index contributed by atoms with van der Waals surface area (Å²) in [6, 6.07) is 0.350. The summed E-state index contributed by atoms with van der Waals surface area (Å²) in [7, 11) is -4.41. The second-order valence-electron chi connectivity index (χ2n) is 3.78. The molecule has 3 amide bonds. The number of furan rings is 1. The standard InChI is InChI=1S/C9H8ClN2O7P/c10-9(3-11-8(14)12-7(9)13)6-5(1-2-18-6)19-4-20(15,16)17/h1-3H,4H2,(H,12,13,14)(H2,15,16,17). The predicted molar refractivity (Wildman–Crippen MR) is 65.8 cm³/mol. The van der Waals surface area contributed by atoms with Crippen molar-refractivity contribution >= 4 is 37.3 Å². The molecule has 9 nitrogen and oxygen atoms in total. The number of aliphatic imine (C=N–C) groups is 1. The lowest BCUT2D eigenvalue weighted by atomic mass is 10.0. The van der Waals surface area contributed by atoms with Crippen LogP contribution in [0.15, 0.2) is 21.7 Å². The first-order valence-corrected chi connectivity index (χ1v) is 7.25. The summed E-state index contributed by atoms with van der Waals surface area (Å²) in [6.45, 7) is 0. The van der Waals surface area contributed by atoms with Crippen LogP contribution in [0.1, 0.15) is 5.76 Å². The van der Waals surface area contributed by atoms with E-state index in [9.17, 15) is 14.2 Å². The minimum Gasteiger partial charge on any atom is -0.477 e. The van der Waals surface area contributed by atoms with Gasteiger partial charge >= 0.3 is 13.6 Å². The third-order valence-corrected chi connectivity index (χ3v) is 3.16. The lowest BCUT2D eigenvalue weighted by molar-refractivity contribution is -0.121. The highest BCUT2D eigenvalue weighted by atomic mass is 35.5. The molecule has 3 N–H and O–H groups in total. The molecule has 1 aromatic heterocycles. The summed E-state index contributed by atoms with van der Waals surface area (Å²) in [5, 5.41) is 1.88. The number of alkyl halides is 1. The Labute approximate surface area is 116 Å². The maximum atomic E-state index is 11.8. The van der Waals surface area contributed by atoms with Crippen molar-refractivity contribution in [1.29, 1.82) is 0 Å². The van der Waals surface area contributed by atoms with Gasteiger partial charge in [0.1, 0.15) is 0 Å². The van der Waals surface area contributed by atoms with Crippen LogP contribution >= 0.6 is 19.2 Å². The normalized spacial score (nSPS) is 22.8. The first-order chi connectivity index (χ1) is 9.22. The molecule has 2 heterocycles. The Bertz CT molecular complexity index is 636. The Morgan fingerprint density at radius 3 is 2.80 bits per heavy atom. The number of carbonyl (C=O) groups excluding carboxylic acids is 2. The molecule has 2 rings (SSSR count). The number of ether oxygens (including phenoxy) is 1. The molecule has 0 aliphatic carbocycles. The molecule has 0 saturated heterocycles. The quantitative estimate of drug-likeness (QED) is 0.543. The Kier molecular flexibility index (Phi) is 3.70. The Balaban J connectivity index is 2.32. The monoisotopic (exact) mass is 322 g/mol. The summed E-state index contributed by atoms with van der Waals surface area (Å²) in [4.78, 5) is 41.6. The van der Waals surface area contributed by atoms with E-state index in [1.807, 2.05) is 5.32 Å². The number of carbonyl (C=O) groups is 2. The Hall–Kier alpha value is -1.67. The number of halogens is 1. The summed E-state index contributed by atoms with van der Waals surface area (Å²) >= 11 is 6.03. The van der Waals surface area contributed by atoms with Crippen molar-refractivity contribution in [3.05, 3.63) is 18.1 Å². The lowest BCUT2D eigenvalue weighted by Crippen LogP contribution is -2.47. The van der Waals surface area contributed by atoms with E-state index in [-0.39, 0.29) is 11.5 Å². The highest BCUT2D eigenvalue weighted by Crippen LogP contribution is 2.40. The van der Waals surface area contributed by atoms with Crippen molar-refractivity contribution in [2.75, 3.05) is 6.35 Å². The molecule has 0 saturated carbocycles. The zero-order valence-corrected chi connectivity index (χ0v) is 11.3. The largest absolute Gasteiger partial charge is 0.477 e. The van der Waals surface area contributed by atoms with E-state index in [4.69, 9.17) is 30.5 Å². The fourth-order valence-electron chi connectivity index (χ4n) is 1.42. The molecule has 0 fully saturated rings. The van der Waals surface area contributed by atoms with Crippen LogP contribution in [0.3, 0.4) is 0 Å². The molecule has 108 valence electrons. The summed E-state index contributed by atoms with van der Waals surface area (Å²) in [5.41, 5.74) is 0. The first-order valence-electron chi connectivity index (χ1n) is 5.07. The molecule has 20 heavy (non-hydrogen) atoms. The maximum absolute atomic E-state index is 11.8. The molecule has 0 aromatic carbocycles. The van der Waals surface area contributed by atoms with Crippen LogP contribution in [-0.2, 0) is 14.2 Å². The van der Waals surface area contributed by atoms with Gasteiger partial charge in [-0.05, 0) is 0 Å². The van der Waals surface area contributed by atoms with Crippen LogP contribution in [0.5, 0.6) is 5.75 Å². The average Bonchev–Trinajstić information content (AvgIpc) is 2.80. The zero-order valence-electron chi connectivity index (χ0n) is 9.65. The number of nitrogens with zero attached hydrogens (tertiary/aromatic N) is 1. The predicted octanol–water partition coefficient (Wildman–Crippen LogP) is 0.548. The number of rotatable bonds is 4. The molecule has 1 aliphatic heterocycles. The third-order valence-electron chi connectivity index (χ3n) is 2.26. The maximum Gasteiger partial charge on any atom is 0.362 e. The van der Waals surface area contributed by atoms with Crippen LogP contribution in [0, 0.1) is 0 Å². The summed E-state index contributed by atoms with van der Waals surface area (Å²) < 4.78 is 20.6. The molecule has 1 aromatic rings. The van der Waals surface area contributed by atoms with Gasteiger partial charge in [-0.25, -0.2) is 9.79 Å². The molecule has 1 unspecified atom stereocenters. The highest BCUT2D eigenvalue weighted by molar-refractivity contribution is 7.51. The second kappa shape index (κ2) is 5.02. The van der Waals surface area contributed by atoms with Crippen molar-refractivity contribution < 1.29 is 33.1 Å². The van der Waals surface area contributed by atoms with E-state index in [1.165, 1.54) is 6.07 Å². The van der Waals surface area contributed by atoms with Crippen LogP contribution in [-0.4, -0.2) is 34.3 Å². The van der Waals surface area contributed by atoms with Gasteiger partial charge in [0.25, 0.3) is 5.91 Å². The summed E-state index contributed by atoms with van der Waals surface area (Å²) in [5.74, 6) is -1.28. The van der Waals surface area contributed by atoms with Crippen molar-refractivity contribution in [3.63, 3.8) is 0 Å². The van der Waals surface area contributed by atoms with Gasteiger partial charge < -0.3 is 18.9 Å². The minimum atomic E-state index is -4.41. The van der Waals surface area contributed by atoms with Crippen LogP contribution in [0.25, 0.3) is 0 Å². The van der Waals surface area contributed by atoms with E-state index >= 15 is 0 Å². The van der Waals surface area contributed by atoms with E-state index < -0.39 is 30.8 Å². The van der Waals surface area contributed by atoms with E-state index in [0.717, 1.165) is 12.5 Å². The second-order valence-corrected chi connectivity index (χ2v) is 5.97. The van der Waals surface area contributed by atoms with Gasteiger partial charge in [0.15, 0.2) is 17.9 Å². The van der Waals surface area contributed by atoms with Gasteiger partial charge in [-0.2, -0.15) is 0 Å². The van der Waals surface area contributed by atoms with E-state index in [0.29, 0.717) is 0 Å². The molecular formula is C9H8ClN2O7P. The molecular weight excluding hydrogens is 315 g/mol. The smallest absolute Gasteiger partial charge is 0.362 e. The number of imide groups is 1. The van der Waals surface area contributed by atoms with Crippen molar-refractivity contribution in [2.24, 2.45) is 4.99 Å². The number of nitrogens with one attached hydrogen (secondary N) is 1. The van der Waals surface area contributed by atoms with Crippen LogP contribution in [0.2, 0.25) is 0 Å². The zero-order chi connectivity index (χ0) is 15.0. The fourth-order valence-corrected chi connectivity index (χ4v) is 1.96. The lowest BCUT2D eigenvalue weighted by Gasteiger charge is -2.22. The van der Waals surface area contributed by atoms with Crippen LogP contribution < -0.4 is 10.1 Å². The molecule has 1 atom stereocenters. The number of urea groups is 1. The van der Waals surface area contributed by atoms with Crippen molar-refractivity contribution in [2.45, 2.75) is 4.87 Å². The fraction of sp³-hybridized carbons (Fsp3) is 0.222. The van der Waals surface area contributed by atoms with Gasteiger partial charge in [-0.3, -0.25) is 14.7 Å². The molecule has 1 aliphatic rings. The molecule has 0 radical (unpaired) electrons. The van der Waals surface area contributed by atoms with Gasteiger partial charge in [-0.15, -0.1) is 0 Å². The number of hydrogen-bond acceptors (Lipinski definition) is 5. The van der Waals surface area contributed by atoms with E-state index in [1.54, 1.807) is 0 Å². The van der Waals surface area contributed by atoms with Gasteiger partial charge in [-0.1, -0.05) is 11.6 Å². The third kappa shape index (κ3) is 2.91.